The van der Waals surface area contributed by atoms with E-state index in [4.69, 9.17) is 18.0 Å². The molecule has 1 fully saturated rings. The highest BCUT2D eigenvalue weighted by Gasteiger charge is 2.27. The van der Waals surface area contributed by atoms with Crippen molar-refractivity contribution in [2.45, 2.75) is 13.0 Å². The van der Waals surface area contributed by atoms with Crippen LogP contribution in [-0.2, 0) is 0 Å². The van der Waals surface area contributed by atoms with Crippen molar-refractivity contribution in [1.29, 1.82) is 0 Å². The van der Waals surface area contributed by atoms with E-state index in [9.17, 15) is 0 Å². The van der Waals surface area contributed by atoms with Gasteiger partial charge >= 0.3 is 0 Å². The molecule has 0 aliphatic carbocycles. The summed E-state index contributed by atoms with van der Waals surface area (Å²) in [6.07, 6.45) is 0. The lowest BCUT2D eigenvalue weighted by Crippen LogP contribution is -2.49. The average Bonchev–Trinajstić information content (AvgIpc) is 2.41. The lowest BCUT2D eigenvalue weighted by molar-refractivity contribution is 0.0844. The summed E-state index contributed by atoms with van der Waals surface area (Å²) in [6.45, 7) is 6.30. The molecule has 2 rings (SSSR count). The number of rotatable bonds is 4. The van der Waals surface area contributed by atoms with Gasteiger partial charge in [0.15, 0.2) is 0 Å². The van der Waals surface area contributed by atoms with Gasteiger partial charge in [-0.3, -0.25) is 4.90 Å². The van der Waals surface area contributed by atoms with Crippen LogP contribution in [0.5, 0.6) is 0 Å². The number of nitrogens with zero attached hydrogens (tertiary/aromatic N) is 2. The lowest BCUT2D eigenvalue weighted by atomic mass is 10.0. The maximum absolute atomic E-state index is 5.76. The van der Waals surface area contributed by atoms with E-state index < -0.39 is 0 Å². The van der Waals surface area contributed by atoms with Crippen LogP contribution >= 0.6 is 12.2 Å². The Morgan fingerprint density at radius 2 is 2.05 bits per heavy atom. The SMILES string of the molecule is CC(CN1CCN(C)CC1c1ccccc1)C(N)=S. The molecule has 19 heavy (non-hydrogen) atoms. The summed E-state index contributed by atoms with van der Waals surface area (Å²) in [6, 6.07) is 11.2. The van der Waals surface area contributed by atoms with Crippen LogP contribution in [0.4, 0.5) is 0 Å². The van der Waals surface area contributed by atoms with Crippen molar-refractivity contribution in [3.05, 3.63) is 35.9 Å². The molecule has 1 aromatic rings. The van der Waals surface area contributed by atoms with E-state index in [2.05, 4.69) is 54.1 Å². The Bertz CT molecular complexity index is 421. The monoisotopic (exact) mass is 277 g/mol. The Morgan fingerprint density at radius 3 is 2.68 bits per heavy atom. The van der Waals surface area contributed by atoms with E-state index in [1.807, 2.05) is 0 Å². The van der Waals surface area contributed by atoms with Gasteiger partial charge in [-0.05, 0) is 12.6 Å². The summed E-state index contributed by atoms with van der Waals surface area (Å²) in [4.78, 5) is 5.52. The van der Waals surface area contributed by atoms with Crippen LogP contribution in [0.15, 0.2) is 30.3 Å². The predicted octanol–water partition coefficient (Wildman–Crippen LogP) is 1.90. The Kier molecular flexibility index (Phi) is 4.91. The zero-order valence-corrected chi connectivity index (χ0v) is 12.6. The highest BCUT2D eigenvalue weighted by atomic mass is 32.1. The molecule has 1 heterocycles. The molecule has 0 spiro atoms. The normalized spacial score (nSPS) is 23.2. The van der Waals surface area contributed by atoms with Crippen LogP contribution in [0, 0.1) is 5.92 Å². The third-order valence-corrected chi connectivity index (χ3v) is 4.28. The maximum atomic E-state index is 5.76. The van der Waals surface area contributed by atoms with Gasteiger partial charge in [-0.2, -0.15) is 0 Å². The molecule has 104 valence electrons. The smallest absolute Gasteiger partial charge is 0.0768 e. The van der Waals surface area contributed by atoms with Crippen LogP contribution in [0.3, 0.4) is 0 Å². The third kappa shape index (κ3) is 3.75. The molecule has 1 saturated heterocycles. The van der Waals surface area contributed by atoms with E-state index in [1.165, 1.54) is 5.56 Å². The Balaban J connectivity index is 2.13. The van der Waals surface area contributed by atoms with Crippen molar-refractivity contribution < 1.29 is 0 Å². The second kappa shape index (κ2) is 6.46. The molecule has 4 heteroatoms. The molecule has 0 bridgehead atoms. The van der Waals surface area contributed by atoms with Crippen LogP contribution in [0.1, 0.15) is 18.5 Å². The summed E-state index contributed by atoms with van der Waals surface area (Å²) in [7, 11) is 2.18. The molecule has 2 unspecified atom stereocenters. The van der Waals surface area contributed by atoms with E-state index in [-0.39, 0.29) is 5.92 Å². The number of hydrogen-bond donors (Lipinski definition) is 1. The second-order valence-electron chi connectivity index (χ2n) is 5.49. The Labute approximate surface area is 121 Å². The molecule has 1 aromatic carbocycles. The first-order valence-electron chi connectivity index (χ1n) is 6.85. The van der Waals surface area contributed by atoms with Crippen LogP contribution in [0.2, 0.25) is 0 Å². The molecule has 0 amide bonds. The lowest BCUT2D eigenvalue weighted by Gasteiger charge is -2.41. The number of hydrogen-bond acceptors (Lipinski definition) is 3. The van der Waals surface area contributed by atoms with E-state index in [0.717, 1.165) is 26.2 Å². The molecule has 2 atom stereocenters. The van der Waals surface area contributed by atoms with Crippen LogP contribution in [-0.4, -0.2) is 48.0 Å². The Morgan fingerprint density at radius 1 is 1.37 bits per heavy atom. The molecular formula is C15H23N3S. The second-order valence-corrected chi connectivity index (χ2v) is 5.96. The minimum absolute atomic E-state index is 0.268. The fourth-order valence-corrected chi connectivity index (χ4v) is 2.68. The highest BCUT2D eigenvalue weighted by Crippen LogP contribution is 2.25. The summed E-state index contributed by atoms with van der Waals surface area (Å²) in [5.74, 6) is 0.268. The quantitative estimate of drug-likeness (QED) is 0.852. The fraction of sp³-hybridized carbons (Fsp3) is 0.533. The molecule has 3 nitrogen and oxygen atoms in total. The van der Waals surface area contributed by atoms with E-state index in [0.29, 0.717) is 11.0 Å². The summed E-state index contributed by atoms with van der Waals surface area (Å²) < 4.78 is 0. The number of likely N-dealkylation sites (N-methyl/N-ethyl adjacent to an activating group) is 1. The first kappa shape index (κ1) is 14.4. The van der Waals surface area contributed by atoms with Crippen molar-refractivity contribution in [2.75, 3.05) is 33.2 Å². The fourth-order valence-electron chi connectivity index (χ4n) is 2.61. The van der Waals surface area contributed by atoms with Gasteiger partial charge < -0.3 is 10.6 Å². The van der Waals surface area contributed by atoms with Gasteiger partial charge in [0.25, 0.3) is 0 Å². The molecule has 1 aliphatic heterocycles. The molecular weight excluding hydrogens is 254 g/mol. The molecule has 1 aliphatic rings. The van der Waals surface area contributed by atoms with E-state index >= 15 is 0 Å². The summed E-state index contributed by atoms with van der Waals surface area (Å²) in [5, 5.41) is 0. The van der Waals surface area contributed by atoms with Gasteiger partial charge in [0.05, 0.1) is 4.99 Å². The largest absolute Gasteiger partial charge is 0.393 e. The van der Waals surface area contributed by atoms with Gasteiger partial charge in [0.1, 0.15) is 0 Å². The predicted molar refractivity (Wildman–Crippen MR) is 84.2 cm³/mol. The zero-order valence-electron chi connectivity index (χ0n) is 11.7. The maximum Gasteiger partial charge on any atom is 0.0768 e. The van der Waals surface area contributed by atoms with Crippen molar-refractivity contribution in [3.8, 4) is 0 Å². The van der Waals surface area contributed by atoms with Crippen molar-refractivity contribution in [1.82, 2.24) is 9.80 Å². The highest BCUT2D eigenvalue weighted by molar-refractivity contribution is 7.80. The van der Waals surface area contributed by atoms with Crippen LogP contribution in [0.25, 0.3) is 0 Å². The van der Waals surface area contributed by atoms with E-state index in [1.54, 1.807) is 0 Å². The van der Waals surface area contributed by atoms with Crippen molar-refractivity contribution >= 4 is 17.2 Å². The molecule has 0 saturated carbocycles. The average molecular weight is 277 g/mol. The van der Waals surface area contributed by atoms with Gasteiger partial charge in [0, 0.05) is 38.1 Å². The number of nitrogens with two attached hydrogens (primary N) is 1. The summed E-state index contributed by atoms with van der Waals surface area (Å²) in [5.41, 5.74) is 7.14. The minimum atomic E-state index is 0.268. The third-order valence-electron chi connectivity index (χ3n) is 3.87. The topological polar surface area (TPSA) is 32.5 Å². The van der Waals surface area contributed by atoms with Crippen LogP contribution < -0.4 is 5.73 Å². The molecule has 2 N–H and O–H groups in total. The van der Waals surface area contributed by atoms with Crippen molar-refractivity contribution in [3.63, 3.8) is 0 Å². The van der Waals surface area contributed by atoms with Gasteiger partial charge in [-0.15, -0.1) is 0 Å². The zero-order chi connectivity index (χ0) is 13.8. The van der Waals surface area contributed by atoms with Crippen molar-refractivity contribution in [2.24, 2.45) is 11.7 Å². The summed E-state index contributed by atoms with van der Waals surface area (Å²) >= 11 is 5.11. The number of thiocarbonyl (C=S) groups is 1. The standard InChI is InChI=1S/C15H23N3S/c1-12(15(16)19)10-18-9-8-17(2)11-14(18)13-6-4-3-5-7-13/h3-7,12,14H,8-11H2,1-2H3,(H2,16,19). The Hall–Kier alpha value is -0.970. The molecule has 0 aromatic heterocycles. The molecule has 0 radical (unpaired) electrons. The number of piperazine rings is 1. The first-order chi connectivity index (χ1) is 9.08. The van der Waals surface area contributed by atoms with Gasteiger partial charge in [-0.1, -0.05) is 49.5 Å². The minimum Gasteiger partial charge on any atom is -0.393 e. The van der Waals surface area contributed by atoms with Gasteiger partial charge in [0.2, 0.25) is 0 Å². The first-order valence-corrected chi connectivity index (χ1v) is 7.25. The number of benzene rings is 1. The van der Waals surface area contributed by atoms with Gasteiger partial charge in [-0.25, -0.2) is 0 Å².